The van der Waals surface area contributed by atoms with Crippen LogP contribution in [0.4, 0.5) is 0 Å². The SMILES string of the molecule is c1ccc(-c2cc3ccccc3c(-c3cccc4sc5cc(-c6ccc7c(c6)sc6cc(-n8c9ccccc9c9ccccc98)ccc67)ccc5c34)n2)cc1. The van der Waals surface area contributed by atoms with Crippen molar-refractivity contribution in [2.45, 2.75) is 0 Å². The van der Waals surface area contributed by atoms with Crippen molar-refractivity contribution >= 4 is 95.6 Å². The maximum absolute atomic E-state index is 5.34. The lowest BCUT2D eigenvalue weighted by molar-refractivity contribution is 1.19. The molecule has 0 aliphatic heterocycles. The van der Waals surface area contributed by atoms with Gasteiger partial charge >= 0.3 is 0 Å². The van der Waals surface area contributed by atoms with Crippen molar-refractivity contribution in [2.24, 2.45) is 0 Å². The first-order valence-corrected chi connectivity index (χ1v) is 20.2. The lowest BCUT2D eigenvalue weighted by Gasteiger charge is -2.12. The number of rotatable bonds is 4. The highest BCUT2D eigenvalue weighted by atomic mass is 32.1. The number of benzene rings is 8. The average Bonchev–Trinajstić information content (AvgIpc) is 3.92. The van der Waals surface area contributed by atoms with Gasteiger partial charge in [-0.15, -0.1) is 22.7 Å². The third-order valence-corrected chi connectivity index (χ3v) is 13.4. The second-order valence-corrected chi connectivity index (χ2v) is 16.5. The number of para-hydroxylation sites is 2. The van der Waals surface area contributed by atoms with Gasteiger partial charge in [-0.3, -0.25) is 0 Å². The summed E-state index contributed by atoms with van der Waals surface area (Å²) >= 11 is 3.75. The van der Waals surface area contributed by atoms with Gasteiger partial charge in [0.15, 0.2) is 0 Å². The molecule has 4 aromatic heterocycles. The summed E-state index contributed by atoms with van der Waals surface area (Å²) < 4.78 is 7.58. The highest BCUT2D eigenvalue weighted by molar-refractivity contribution is 7.26. The molecule has 8 aromatic carbocycles. The number of hydrogen-bond acceptors (Lipinski definition) is 3. The van der Waals surface area contributed by atoms with Gasteiger partial charge in [-0.1, -0.05) is 133 Å². The van der Waals surface area contributed by atoms with Gasteiger partial charge in [0.1, 0.15) is 0 Å². The van der Waals surface area contributed by atoms with Gasteiger partial charge in [-0.2, -0.15) is 0 Å². The predicted molar refractivity (Wildman–Crippen MR) is 238 cm³/mol. The number of pyridine rings is 1. The van der Waals surface area contributed by atoms with Gasteiger partial charge in [-0.05, 0) is 65.0 Å². The summed E-state index contributed by atoms with van der Waals surface area (Å²) in [5.41, 5.74) is 10.5. The Hall–Kier alpha value is -6.59. The molecule has 12 aromatic rings. The molecule has 0 aliphatic carbocycles. The Morgan fingerprint density at radius 3 is 1.75 bits per heavy atom. The standard InChI is InChI=1S/C51H30N2S2/c1-2-11-31(12-3-1)43-27-34-13-4-5-14-36(34)51(52-43)42-17-10-20-46-50(42)41-25-22-33(29-48(41)54-46)32-21-24-39-40-26-23-35(30-49(40)55-47(39)28-32)53-44-18-8-6-15-37(44)38-16-7-9-19-45(38)53/h1-30H. The van der Waals surface area contributed by atoms with Crippen molar-refractivity contribution < 1.29 is 0 Å². The molecule has 0 unspecified atom stereocenters. The van der Waals surface area contributed by atoms with Gasteiger partial charge < -0.3 is 4.57 Å². The van der Waals surface area contributed by atoms with Crippen LogP contribution in [0.2, 0.25) is 0 Å². The first-order chi connectivity index (χ1) is 27.2. The van der Waals surface area contributed by atoms with E-state index in [2.05, 4.69) is 187 Å². The third kappa shape index (κ3) is 4.75. The minimum Gasteiger partial charge on any atom is -0.309 e. The Bertz CT molecular complexity index is 3440. The average molecular weight is 735 g/mol. The molecule has 0 aliphatic rings. The number of fused-ring (bicyclic) bond motifs is 10. The first kappa shape index (κ1) is 30.8. The highest BCUT2D eigenvalue weighted by Crippen LogP contribution is 2.44. The van der Waals surface area contributed by atoms with E-state index in [-0.39, 0.29) is 0 Å². The largest absolute Gasteiger partial charge is 0.309 e. The number of aromatic nitrogens is 2. The quantitative estimate of drug-likeness (QED) is 0.176. The van der Waals surface area contributed by atoms with Crippen LogP contribution in [0.1, 0.15) is 0 Å². The van der Waals surface area contributed by atoms with Gasteiger partial charge in [0.2, 0.25) is 0 Å². The molecule has 12 rings (SSSR count). The van der Waals surface area contributed by atoms with Crippen LogP contribution in [0.5, 0.6) is 0 Å². The van der Waals surface area contributed by atoms with Crippen LogP contribution in [-0.4, -0.2) is 9.55 Å². The van der Waals surface area contributed by atoms with Crippen molar-refractivity contribution in [2.75, 3.05) is 0 Å². The zero-order chi connectivity index (χ0) is 36.0. The Labute approximate surface area is 324 Å². The first-order valence-electron chi connectivity index (χ1n) is 18.6. The van der Waals surface area contributed by atoms with Gasteiger partial charge in [0.25, 0.3) is 0 Å². The van der Waals surface area contributed by atoms with E-state index in [1.54, 1.807) is 0 Å². The summed E-state index contributed by atoms with van der Waals surface area (Å²) in [7, 11) is 0. The van der Waals surface area contributed by atoms with Crippen molar-refractivity contribution in [3.63, 3.8) is 0 Å². The minimum absolute atomic E-state index is 0.993. The second-order valence-electron chi connectivity index (χ2n) is 14.3. The van der Waals surface area contributed by atoms with Crippen molar-refractivity contribution in [1.82, 2.24) is 9.55 Å². The number of nitrogens with zero attached hydrogens (tertiary/aromatic N) is 2. The van der Waals surface area contributed by atoms with E-state index in [4.69, 9.17) is 4.98 Å². The fraction of sp³-hybridized carbons (Fsp3) is 0. The van der Waals surface area contributed by atoms with Crippen LogP contribution in [0.3, 0.4) is 0 Å². The van der Waals surface area contributed by atoms with Crippen molar-refractivity contribution in [3.8, 4) is 39.3 Å². The van der Waals surface area contributed by atoms with Crippen molar-refractivity contribution in [1.29, 1.82) is 0 Å². The topological polar surface area (TPSA) is 17.8 Å². The molecule has 4 heteroatoms. The molecule has 0 saturated heterocycles. The van der Waals surface area contributed by atoms with E-state index in [1.807, 2.05) is 22.7 Å². The minimum atomic E-state index is 0.993. The molecule has 0 amide bonds. The lowest BCUT2D eigenvalue weighted by Crippen LogP contribution is -1.92. The molecule has 0 fully saturated rings. The van der Waals surface area contributed by atoms with Crippen LogP contribution in [0, 0.1) is 0 Å². The fourth-order valence-electron chi connectivity index (χ4n) is 8.65. The Kier molecular flexibility index (Phi) is 6.70. The van der Waals surface area contributed by atoms with Crippen LogP contribution >= 0.6 is 22.7 Å². The molecule has 2 nitrogen and oxygen atoms in total. The summed E-state index contributed by atoms with van der Waals surface area (Å²) in [6, 6.07) is 66.4. The smallest absolute Gasteiger partial charge is 0.0794 e. The normalized spacial score (nSPS) is 12.0. The Morgan fingerprint density at radius 1 is 0.382 bits per heavy atom. The molecule has 256 valence electrons. The molecule has 0 N–H and O–H groups in total. The summed E-state index contributed by atoms with van der Waals surface area (Å²) in [6.45, 7) is 0. The molecule has 4 heterocycles. The van der Waals surface area contributed by atoms with Gasteiger partial charge in [0.05, 0.1) is 22.4 Å². The zero-order valence-electron chi connectivity index (χ0n) is 29.5. The molecule has 0 atom stereocenters. The maximum atomic E-state index is 5.34. The molecule has 0 saturated carbocycles. The van der Waals surface area contributed by atoms with E-state index in [1.165, 1.54) is 95.3 Å². The maximum Gasteiger partial charge on any atom is 0.0794 e. The molecular weight excluding hydrogens is 705 g/mol. The number of hydrogen-bond donors (Lipinski definition) is 0. The fourth-order valence-corrected chi connectivity index (χ4v) is 11.0. The Balaban J connectivity index is 0.968. The monoisotopic (exact) mass is 734 g/mol. The van der Waals surface area contributed by atoms with E-state index < -0.39 is 0 Å². The van der Waals surface area contributed by atoms with Crippen molar-refractivity contribution in [3.05, 3.63) is 182 Å². The van der Waals surface area contributed by atoms with E-state index in [0.717, 1.165) is 17.0 Å². The van der Waals surface area contributed by atoms with Crippen LogP contribution < -0.4 is 0 Å². The molecule has 0 radical (unpaired) electrons. The van der Waals surface area contributed by atoms with E-state index >= 15 is 0 Å². The zero-order valence-corrected chi connectivity index (χ0v) is 31.2. The molecule has 0 spiro atoms. The van der Waals surface area contributed by atoms with Crippen LogP contribution in [0.15, 0.2) is 182 Å². The van der Waals surface area contributed by atoms with Crippen LogP contribution in [0.25, 0.3) is 112 Å². The summed E-state index contributed by atoms with van der Waals surface area (Å²) in [4.78, 5) is 5.34. The molecule has 0 bridgehead atoms. The molecule has 55 heavy (non-hydrogen) atoms. The highest BCUT2D eigenvalue weighted by Gasteiger charge is 2.18. The van der Waals surface area contributed by atoms with E-state index in [0.29, 0.717) is 0 Å². The second kappa shape index (κ2) is 12.0. The summed E-state index contributed by atoms with van der Waals surface area (Å²) in [6.07, 6.45) is 0. The van der Waals surface area contributed by atoms with E-state index in [9.17, 15) is 0 Å². The number of thiophene rings is 2. The Morgan fingerprint density at radius 2 is 0.982 bits per heavy atom. The molecular formula is C51H30N2S2. The third-order valence-electron chi connectivity index (χ3n) is 11.2. The van der Waals surface area contributed by atoms with Crippen LogP contribution in [-0.2, 0) is 0 Å². The lowest BCUT2D eigenvalue weighted by atomic mass is 9.96. The summed E-state index contributed by atoms with van der Waals surface area (Å²) in [5.74, 6) is 0. The van der Waals surface area contributed by atoms with Gasteiger partial charge in [0, 0.05) is 73.3 Å². The predicted octanol–water partition coefficient (Wildman–Crippen LogP) is 15.1. The summed E-state index contributed by atoms with van der Waals surface area (Å²) in [5, 5.41) is 10.1. The van der Waals surface area contributed by atoms with Gasteiger partial charge in [-0.25, -0.2) is 4.98 Å².